The molecule has 0 heterocycles. The molecule has 0 saturated heterocycles. The van der Waals surface area contributed by atoms with E-state index in [0.717, 1.165) is 19.6 Å². The number of hydrogen-bond acceptors (Lipinski definition) is 5. The molecule has 1 atom stereocenters. The number of nitrogens with two attached hydrogens (primary N) is 1. The number of carbonyl (C=O) groups excluding carboxylic acids is 1. The predicted octanol–water partition coefficient (Wildman–Crippen LogP) is 0.687. The van der Waals surface area contributed by atoms with Crippen LogP contribution in [0, 0.1) is 0 Å². The van der Waals surface area contributed by atoms with E-state index in [9.17, 15) is 5.11 Å². The molecular formula is C19H39NO6. The Labute approximate surface area is 158 Å². The molecule has 0 fully saturated rings. The molecule has 0 radical (unpaired) electrons. The summed E-state index contributed by atoms with van der Waals surface area (Å²) in [6, 6.07) is 0.543. The number of carbonyl (C=O) groups is 2. The van der Waals surface area contributed by atoms with Gasteiger partial charge in [-0.15, -0.1) is 0 Å². The minimum Gasteiger partial charge on any atom is -0.539 e. The van der Waals surface area contributed by atoms with Crippen LogP contribution in [0.4, 0.5) is 0 Å². The summed E-state index contributed by atoms with van der Waals surface area (Å²) >= 11 is 0. The van der Waals surface area contributed by atoms with E-state index >= 15 is 0 Å². The van der Waals surface area contributed by atoms with Crippen LogP contribution < -0.4 is 10.4 Å². The summed E-state index contributed by atoms with van der Waals surface area (Å²) in [5.74, 6) is -4.01. The second-order valence-electron chi connectivity index (χ2n) is 6.87. The fourth-order valence-corrected chi connectivity index (χ4v) is 2.23. The van der Waals surface area contributed by atoms with E-state index in [-0.39, 0.29) is 6.10 Å². The molecule has 0 spiro atoms. The molecule has 1 unspecified atom stereocenters. The number of aliphatic hydroxyl groups excluding tert-OH is 1. The number of ether oxygens (including phenoxy) is 1. The van der Waals surface area contributed by atoms with Crippen molar-refractivity contribution in [1.82, 2.24) is 0 Å². The Morgan fingerprint density at radius 3 is 1.88 bits per heavy atom. The predicted molar refractivity (Wildman–Crippen MR) is 98.6 cm³/mol. The monoisotopic (exact) mass is 377 g/mol. The van der Waals surface area contributed by atoms with Crippen LogP contribution in [0.1, 0.15) is 78.6 Å². The molecule has 0 saturated carbocycles. The van der Waals surface area contributed by atoms with Crippen LogP contribution in [-0.4, -0.2) is 54.1 Å². The summed E-state index contributed by atoms with van der Waals surface area (Å²) in [4.78, 5) is 18.0. The number of aliphatic carboxylic acids is 2. The van der Waals surface area contributed by atoms with Crippen molar-refractivity contribution < 1.29 is 35.0 Å². The van der Waals surface area contributed by atoms with Crippen molar-refractivity contribution >= 4 is 11.9 Å². The Morgan fingerprint density at radius 2 is 1.46 bits per heavy atom. The van der Waals surface area contributed by atoms with Crippen LogP contribution in [0.3, 0.4) is 0 Å². The minimum atomic E-state index is -2.07. The first-order valence-electron chi connectivity index (χ1n) is 9.84. The molecule has 0 rings (SSSR count). The van der Waals surface area contributed by atoms with Crippen LogP contribution in [0.25, 0.3) is 0 Å². The molecule has 7 heteroatoms. The quantitative estimate of drug-likeness (QED) is 0.285. The number of quaternary nitrogens is 1. The van der Waals surface area contributed by atoms with Crippen molar-refractivity contribution in [3.8, 4) is 0 Å². The van der Waals surface area contributed by atoms with E-state index in [0.29, 0.717) is 12.6 Å². The lowest BCUT2D eigenvalue weighted by molar-refractivity contribution is -0.688. The Balaban J connectivity index is 0. The Kier molecular flexibility index (Phi) is 20.9. The van der Waals surface area contributed by atoms with Crippen LogP contribution in [0.15, 0.2) is 0 Å². The van der Waals surface area contributed by atoms with Gasteiger partial charge in [-0.05, 0) is 20.3 Å². The average Bonchev–Trinajstić information content (AvgIpc) is 2.58. The van der Waals surface area contributed by atoms with Gasteiger partial charge in [0.2, 0.25) is 0 Å². The van der Waals surface area contributed by atoms with Crippen LogP contribution in [-0.2, 0) is 14.3 Å². The van der Waals surface area contributed by atoms with Gasteiger partial charge in [-0.25, -0.2) is 4.79 Å². The maximum Gasteiger partial charge on any atom is 0.351 e. The van der Waals surface area contributed by atoms with Gasteiger partial charge in [0.25, 0.3) is 0 Å². The smallest absolute Gasteiger partial charge is 0.351 e. The lowest BCUT2D eigenvalue weighted by atomic mass is 10.1. The van der Waals surface area contributed by atoms with Gasteiger partial charge in [0, 0.05) is 6.61 Å². The fraction of sp³-hybridized carbons (Fsp3) is 0.895. The van der Waals surface area contributed by atoms with Crippen LogP contribution in [0.2, 0.25) is 0 Å². The van der Waals surface area contributed by atoms with E-state index < -0.39 is 11.9 Å². The summed E-state index contributed by atoms with van der Waals surface area (Å²) < 4.78 is 5.52. The van der Waals surface area contributed by atoms with Gasteiger partial charge in [0.05, 0.1) is 12.6 Å². The van der Waals surface area contributed by atoms with Gasteiger partial charge in [0.15, 0.2) is 5.97 Å². The highest BCUT2D eigenvalue weighted by Crippen LogP contribution is 2.09. The van der Waals surface area contributed by atoms with Crippen molar-refractivity contribution in [2.45, 2.75) is 90.7 Å². The first kappa shape index (κ1) is 27.0. The lowest BCUT2D eigenvalue weighted by Crippen LogP contribution is -2.90. The van der Waals surface area contributed by atoms with E-state index in [1.54, 1.807) is 0 Å². The second-order valence-corrected chi connectivity index (χ2v) is 6.87. The zero-order valence-electron chi connectivity index (χ0n) is 16.7. The van der Waals surface area contributed by atoms with Crippen LogP contribution >= 0.6 is 0 Å². The van der Waals surface area contributed by atoms with Crippen molar-refractivity contribution in [1.29, 1.82) is 0 Å². The zero-order chi connectivity index (χ0) is 20.2. The first-order valence-corrected chi connectivity index (χ1v) is 9.84. The average molecular weight is 378 g/mol. The lowest BCUT2D eigenvalue weighted by Gasteiger charge is -2.11. The molecule has 0 aromatic carbocycles. The van der Waals surface area contributed by atoms with Crippen molar-refractivity contribution in [3.05, 3.63) is 0 Å². The molecule has 0 aliphatic heterocycles. The zero-order valence-corrected chi connectivity index (χ0v) is 16.7. The third-order valence-corrected chi connectivity index (χ3v) is 3.76. The minimum absolute atomic E-state index is 0.323. The van der Waals surface area contributed by atoms with Crippen LogP contribution in [0.5, 0.6) is 0 Å². The largest absolute Gasteiger partial charge is 0.539 e. The van der Waals surface area contributed by atoms with E-state index in [2.05, 4.69) is 26.1 Å². The van der Waals surface area contributed by atoms with E-state index in [1.807, 2.05) is 0 Å². The summed E-state index contributed by atoms with van der Waals surface area (Å²) in [7, 11) is 0. The number of carboxylic acid groups (broad SMARTS) is 2. The highest BCUT2D eigenvalue weighted by atomic mass is 16.5. The topological polar surface area (TPSA) is 124 Å². The molecule has 156 valence electrons. The molecule has 4 N–H and O–H groups in total. The Morgan fingerprint density at radius 1 is 1.00 bits per heavy atom. The highest BCUT2D eigenvalue weighted by Gasteiger charge is 2.07. The van der Waals surface area contributed by atoms with Crippen molar-refractivity contribution in [3.63, 3.8) is 0 Å². The molecule has 0 aromatic heterocycles. The number of rotatable bonds is 15. The maximum absolute atomic E-state index is 9.69. The van der Waals surface area contributed by atoms with Crippen molar-refractivity contribution in [2.24, 2.45) is 0 Å². The molecule has 0 bridgehead atoms. The van der Waals surface area contributed by atoms with E-state index in [1.165, 1.54) is 51.4 Å². The van der Waals surface area contributed by atoms with Gasteiger partial charge in [-0.2, -0.15) is 0 Å². The molecular weight excluding hydrogens is 338 g/mol. The third-order valence-electron chi connectivity index (χ3n) is 3.76. The Bertz CT molecular complexity index is 324. The first-order chi connectivity index (χ1) is 12.3. The number of aliphatic hydroxyl groups is 1. The van der Waals surface area contributed by atoms with Gasteiger partial charge in [-0.3, -0.25) is 0 Å². The molecule has 26 heavy (non-hydrogen) atoms. The summed E-state index contributed by atoms with van der Waals surface area (Å²) in [6.07, 6.45) is 11.7. The summed E-state index contributed by atoms with van der Waals surface area (Å²) in [5.41, 5.74) is 0. The fourth-order valence-electron chi connectivity index (χ4n) is 2.23. The van der Waals surface area contributed by atoms with Gasteiger partial charge in [-0.1, -0.05) is 58.3 Å². The highest BCUT2D eigenvalue weighted by molar-refractivity contribution is 6.26. The van der Waals surface area contributed by atoms with E-state index in [4.69, 9.17) is 24.5 Å². The van der Waals surface area contributed by atoms with Crippen molar-refractivity contribution in [2.75, 3.05) is 19.8 Å². The summed E-state index contributed by atoms with van der Waals surface area (Å²) in [5, 5.41) is 28.1. The SMILES string of the molecule is CCCCCCCCCCCOCC(O)C[NH2+]C(C)C.O=C([O-])C(=O)O. The van der Waals surface area contributed by atoms with Gasteiger partial charge in [0.1, 0.15) is 12.6 Å². The number of unbranched alkanes of at least 4 members (excludes halogenated alkanes) is 8. The Hall–Kier alpha value is -1.18. The number of hydrogen-bond donors (Lipinski definition) is 3. The molecule has 0 aromatic rings. The second kappa shape index (κ2) is 20.1. The molecule has 0 aliphatic carbocycles. The van der Waals surface area contributed by atoms with Gasteiger partial charge < -0.3 is 30.2 Å². The number of carboxylic acids is 2. The molecule has 7 nitrogen and oxygen atoms in total. The normalized spacial score (nSPS) is 11.7. The maximum atomic E-state index is 9.69. The molecule has 0 aliphatic rings. The molecule has 0 amide bonds. The summed E-state index contributed by atoms with van der Waals surface area (Å²) in [6.45, 7) is 8.56. The standard InChI is InChI=1S/C17H37NO2.C2H2O4/c1-4-5-6-7-8-9-10-11-12-13-20-15-17(19)14-18-16(2)3;3-1(4)2(5)6/h16-19H,4-15H2,1-3H3;(H,3,4)(H,5,6). The van der Waals surface area contributed by atoms with Gasteiger partial charge >= 0.3 is 5.97 Å². The third kappa shape index (κ3) is 25.1.